The zero-order valence-corrected chi connectivity index (χ0v) is 20.6. The van der Waals surface area contributed by atoms with Crippen LogP contribution in [-0.2, 0) is 10.2 Å². The molecule has 1 aromatic heterocycles. The zero-order valence-electron chi connectivity index (χ0n) is 18.3. The van der Waals surface area contributed by atoms with Crippen LogP contribution in [-0.4, -0.2) is 34.8 Å². The van der Waals surface area contributed by atoms with Gasteiger partial charge in [0.15, 0.2) is 5.58 Å². The van der Waals surface area contributed by atoms with Crippen molar-refractivity contribution >= 4 is 63.6 Å². The number of nitrogens with zero attached hydrogens (tertiary/aromatic N) is 1. The van der Waals surface area contributed by atoms with Gasteiger partial charge in [0.25, 0.3) is 5.91 Å². The van der Waals surface area contributed by atoms with E-state index in [4.69, 9.17) is 27.6 Å². The number of carbonyl (C=O) groups is 2. The van der Waals surface area contributed by atoms with Crippen molar-refractivity contribution in [1.29, 1.82) is 0 Å². The maximum absolute atomic E-state index is 13.0. The standard InChI is InChI=1S/C23H25Cl2N3O3S/c1-23(2,3)22-28-18-12-14(6-8-19(18)31-22)26-21(30)17(9-10-32-4)27-20(29)15-7-5-13(24)11-16(15)25/h5-8,11-12,17H,9-10H2,1-4H3,(H,26,30)(H,27,29). The maximum atomic E-state index is 13.0. The molecule has 3 aromatic rings. The Labute approximate surface area is 201 Å². The average Bonchev–Trinajstić information content (AvgIpc) is 3.14. The second-order valence-electron chi connectivity index (χ2n) is 8.37. The van der Waals surface area contributed by atoms with Crippen LogP contribution in [0.5, 0.6) is 0 Å². The van der Waals surface area contributed by atoms with Crippen LogP contribution < -0.4 is 10.6 Å². The smallest absolute Gasteiger partial charge is 0.253 e. The first-order chi connectivity index (χ1) is 15.1. The Kier molecular flexibility index (Phi) is 7.75. The minimum absolute atomic E-state index is 0.224. The van der Waals surface area contributed by atoms with Crippen molar-refractivity contribution < 1.29 is 14.0 Å². The van der Waals surface area contributed by atoms with Crippen molar-refractivity contribution in [2.45, 2.75) is 38.6 Å². The number of benzene rings is 2. The summed E-state index contributed by atoms with van der Waals surface area (Å²) in [6, 6.07) is 9.16. The average molecular weight is 494 g/mol. The number of fused-ring (bicyclic) bond motifs is 1. The van der Waals surface area contributed by atoms with Crippen molar-refractivity contribution in [1.82, 2.24) is 10.3 Å². The van der Waals surface area contributed by atoms with Gasteiger partial charge in [-0.1, -0.05) is 44.0 Å². The fourth-order valence-corrected chi connectivity index (χ4v) is 3.94. The van der Waals surface area contributed by atoms with E-state index in [9.17, 15) is 9.59 Å². The first kappa shape index (κ1) is 24.4. The van der Waals surface area contributed by atoms with E-state index in [1.165, 1.54) is 12.1 Å². The third-order valence-electron chi connectivity index (χ3n) is 4.70. The van der Waals surface area contributed by atoms with Crippen LogP contribution >= 0.6 is 35.0 Å². The molecule has 0 aliphatic rings. The van der Waals surface area contributed by atoms with Crippen molar-refractivity contribution in [3.63, 3.8) is 0 Å². The first-order valence-corrected chi connectivity index (χ1v) is 12.2. The highest BCUT2D eigenvalue weighted by molar-refractivity contribution is 7.98. The van der Waals surface area contributed by atoms with E-state index >= 15 is 0 Å². The molecule has 6 nitrogen and oxygen atoms in total. The molecule has 0 saturated heterocycles. The van der Waals surface area contributed by atoms with Crippen molar-refractivity contribution in [2.75, 3.05) is 17.3 Å². The summed E-state index contributed by atoms with van der Waals surface area (Å²) in [6.45, 7) is 6.06. The van der Waals surface area contributed by atoms with Gasteiger partial charge < -0.3 is 15.1 Å². The topological polar surface area (TPSA) is 84.2 Å². The Morgan fingerprint density at radius 2 is 1.91 bits per heavy atom. The Balaban J connectivity index is 1.77. The van der Waals surface area contributed by atoms with Gasteiger partial charge in [-0.25, -0.2) is 4.98 Å². The van der Waals surface area contributed by atoms with Crippen LogP contribution in [0.25, 0.3) is 11.1 Å². The SMILES string of the molecule is CSCCC(NC(=O)c1ccc(Cl)cc1Cl)C(=O)Nc1ccc2oc(C(C)(C)C)nc2c1. The summed E-state index contributed by atoms with van der Waals surface area (Å²) in [5, 5.41) is 6.32. The van der Waals surface area contributed by atoms with Gasteiger partial charge in [-0.15, -0.1) is 0 Å². The van der Waals surface area contributed by atoms with Crippen LogP contribution in [0.3, 0.4) is 0 Å². The van der Waals surface area contributed by atoms with Crippen LogP contribution in [0.1, 0.15) is 43.4 Å². The minimum Gasteiger partial charge on any atom is -0.440 e. The van der Waals surface area contributed by atoms with Crippen molar-refractivity contribution in [3.05, 3.63) is 57.9 Å². The Morgan fingerprint density at radius 3 is 2.56 bits per heavy atom. The molecule has 0 radical (unpaired) electrons. The normalized spacial score (nSPS) is 12.6. The van der Waals surface area contributed by atoms with E-state index in [0.717, 1.165) is 0 Å². The van der Waals surface area contributed by atoms with E-state index in [2.05, 4.69) is 15.6 Å². The van der Waals surface area contributed by atoms with Gasteiger partial charge in [0.05, 0.1) is 10.6 Å². The highest BCUT2D eigenvalue weighted by Gasteiger charge is 2.24. The predicted molar refractivity (Wildman–Crippen MR) is 132 cm³/mol. The lowest BCUT2D eigenvalue weighted by Gasteiger charge is -2.18. The number of rotatable bonds is 7. The summed E-state index contributed by atoms with van der Waals surface area (Å²) in [5.74, 6) is 0.566. The number of aromatic nitrogens is 1. The van der Waals surface area contributed by atoms with Gasteiger partial charge in [-0.3, -0.25) is 9.59 Å². The monoisotopic (exact) mass is 493 g/mol. The highest BCUT2D eigenvalue weighted by atomic mass is 35.5. The first-order valence-electron chi connectivity index (χ1n) is 10.1. The number of halogens is 2. The Morgan fingerprint density at radius 1 is 1.16 bits per heavy atom. The second-order valence-corrected chi connectivity index (χ2v) is 10.2. The van der Waals surface area contributed by atoms with Gasteiger partial charge in [0.2, 0.25) is 11.8 Å². The van der Waals surface area contributed by atoms with Crippen molar-refractivity contribution in [3.8, 4) is 0 Å². The van der Waals surface area contributed by atoms with Gasteiger partial charge >= 0.3 is 0 Å². The summed E-state index contributed by atoms with van der Waals surface area (Å²) < 4.78 is 5.81. The molecule has 1 heterocycles. The lowest BCUT2D eigenvalue weighted by Crippen LogP contribution is -2.44. The van der Waals surface area contributed by atoms with E-state index in [1.807, 2.05) is 27.0 Å². The molecule has 2 amide bonds. The number of hydrogen-bond donors (Lipinski definition) is 2. The van der Waals surface area contributed by atoms with E-state index in [0.29, 0.717) is 39.9 Å². The van der Waals surface area contributed by atoms with Crippen LogP contribution in [0.15, 0.2) is 40.8 Å². The molecule has 170 valence electrons. The largest absolute Gasteiger partial charge is 0.440 e. The van der Waals surface area contributed by atoms with E-state index in [1.54, 1.807) is 36.0 Å². The molecule has 0 spiro atoms. The van der Waals surface area contributed by atoms with E-state index in [-0.39, 0.29) is 21.9 Å². The van der Waals surface area contributed by atoms with Gasteiger partial charge in [0.1, 0.15) is 11.6 Å². The van der Waals surface area contributed by atoms with E-state index < -0.39 is 11.9 Å². The molecule has 0 saturated carbocycles. The Bertz CT molecular complexity index is 1140. The van der Waals surface area contributed by atoms with Gasteiger partial charge in [-0.2, -0.15) is 11.8 Å². The van der Waals surface area contributed by atoms with Gasteiger partial charge in [0, 0.05) is 16.1 Å². The number of hydrogen-bond acceptors (Lipinski definition) is 5. The number of amides is 2. The van der Waals surface area contributed by atoms with Gasteiger partial charge in [-0.05, 0) is 54.8 Å². The van der Waals surface area contributed by atoms with Crippen LogP contribution in [0, 0.1) is 0 Å². The molecule has 0 fully saturated rings. The molecule has 0 bridgehead atoms. The fraction of sp³-hybridized carbons (Fsp3) is 0.348. The zero-order chi connectivity index (χ0) is 23.5. The minimum atomic E-state index is -0.736. The number of thioether (sulfide) groups is 1. The maximum Gasteiger partial charge on any atom is 0.253 e. The van der Waals surface area contributed by atoms with Crippen LogP contribution in [0.2, 0.25) is 10.0 Å². The molecule has 0 aliphatic carbocycles. The fourth-order valence-electron chi connectivity index (χ4n) is 2.97. The second kappa shape index (κ2) is 10.1. The third-order valence-corrected chi connectivity index (χ3v) is 5.90. The highest BCUT2D eigenvalue weighted by Crippen LogP contribution is 2.27. The summed E-state index contributed by atoms with van der Waals surface area (Å²) in [7, 11) is 0. The molecular weight excluding hydrogens is 469 g/mol. The lowest BCUT2D eigenvalue weighted by atomic mass is 9.97. The molecule has 1 unspecified atom stereocenters. The predicted octanol–water partition coefficient (Wildman–Crippen LogP) is 5.92. The summed E-state index contributed by atoms with van der Waals surface area (Å²) >= 11 is 13.6. The van der Waals surface area contributed by atoms with Crippen LogP contribution in [0.4, 0.5) is 5.69 Å². The molecule has 2 aromatic carbocycles. The molecule has 2 N–H and O–H groups in total. The summed E-state index contributed by atoms with van der Waals surface area (Å²) in [5.41, 5.74) is 1.92. The molecular formula is C23H25Cl2N3O3S. The number of nitrogens with one attached hydrogen (secondary N) is 2. The third kappa shape index (κ3) is 5.97. The summed E-state index contributed by atoms with van der Waals surface area (Å²) in [4.78, 5) is 30.3. The molecule has 9 heteroatoms. The Hall–Kier alpha value is -2.22. The molecule has 1 atom stereocenters. The molecule has 0 aliphatic heterocycles. The number of anilines is 1. The molecule has 3 rings (SSSR count). The summed E-state index contributed by atoms with van der Waals surface area (Å²) in [6.07, 6.45) is 2.41. The van der Waals surface area contributed by atoms with Crippen molar-refractivity contribution in [2.24, 2.45) is 0 Å². The quantitative estimate of drug-likeness (QED) is 0.426. The molecule has 32 heavy (non-hydrogen) atoms. The lowest BCUT2D eigenvalue weighted by molar-refractivity contribution is -0.118. The number of carbonyl (C=O) groups excluding carboxylic acids is 2. The number of oxazole rings is 1.